The van der Waals surface area contributed by atoms with E-state index in [1.54, 1.807) is 12.1 Å². The van der Waals surface area contributed by atoms with Gasteiger partial charge >= 0.3 is 0 Å². The Hall–Kier alpha value is -1.74. The van der Waals surface area contributed by atoms with Crippen LogP contribution in [-0.2, 0) is 16.6 Å². The molecule has 6 nitrogen and oxygen atoms in total. The first kappa shape index (κ1) is 22.5. The van der Waals surface area contributed by atoms with E-state index in [9.17, 15) is 13.2 Å². The topological polar surface area (TPSA) is 78.5 Å². The standard InChI is InChI=1S/C20H29N3O3S2/c1-15(2)23(16(3)4)11-10-21-20(24)17-7-5-9-19(13-17)28(25,26)22-14-18-8-6-12-27-18/h5-9,12-13,15-16,22H,10-11,14H2,1-4H3,(H,21,24). The molecule has 2 rings (SSSR count). The number of rotatable bonds is 10. The van der Waals surface area contributed by atoms with Crippen LogP contribution in [0.15, 0.2) is 46.7 Å². The van der Waals surface area contributed by atoms with Crippen molar-refractivity contribution >= 4 is 27.3 Å². The molecule has 0 bridgehead atoms. The second-order valence-electron chi connectivity index (χ2n) is 7.11. The highest BCUT2D eigenvalue weighted by Gasteiger charge is 2.17. The van der Waals surface area contributed by atoms with E-state index < -0.39 is 10.0 Å². The fourth-order valence-electron chi connectivity index (χ4n) is 2.98. The fourth-order valence-corrected chi connectivity index (χ4v) is 4.77. The van der Waals surface area contributed by atoms with Gasteiger partial charge in [-0.25, -0.2) is 13.1 Å². The maximum absolute atomic E-state index is 12.5. The van der Waals surface area contributed by atoms with Gasteiger partial charge in [-0.2, -0.15) is 0 Å². The van der Waals surface area contributed by atoms with Crippen molar-refractivity contribution in [2.75, 3.05) is 13.1 Å². The smallest absolute Gasteiger partial charge is 0.251 e. The average molecular weight is 424 g/mol. The molecule has 8 heteroatoms. The molecule has 0 unspecified atom stereocenters. The molecule has 1 aromatic carbocycles. The summed E-state index contributed by atoms with van der Waals surface area (Å²) in [6.45, 7) is 9.97. The van der Waals surface area contributed by atoms with Gasteiger partial charge in [0.15, 0.2) is 0 Å². The van der Waals surface area contributed by atoms with Gasteiger partial charge in [0.05, 0.1) is 4.90 Å². The lowest BCUT2D eigenvalue weighted by Crippen LogP contribution is -2.42. The molecular weight excluding hydrogens is 394 g/mol. The zero-order valence-corrected chi connectivity index (χ0v) is 18.4. The number of nitrogens with one attached hydrogen (secondary N) is 2. The predicted molar refractivity (Wildman–Crippen MR) is 114 cm³/mol. The van der Waals surface area contributed by atoms with Crippen molar-refractivity contribution < 1.29 is 13.2 Å². The van der Waals surface area contributed by atoms with Gasteiger partial charge in [0.2, 0.25) is 10.0 Å². The van der Waals surface area contributed by atoms with Crippen LogP contribution in [0, 0.1) is 0 Å². The van der Waals surface area contributed by atoms with E-state index >= 15 is 0 Å². The second kappa shape index (κ2) is 10.2. The SMILES string of the molecule is CC(C)N(CCNC(=O)c1cccc(S(=O)(=O)NCc2cccs2)c1)C(C)C. The Morgan fingerprint density at radius 1 is 1.11 bits per heavy atom. The summed E-state index contributed by atoms with van der Waals surface area (Å²) in [7, 11) is -3.68. The van der Waals surface area contributed by atoms with Crippen LogP contribution in [0.5, 0.6) is 0 Å². The van der Waals surface area contributed by atoms with Gasteiger partial charge in [-0.1, -0.05) is 12.1 Å². The third kappa shape index (κ3) is 6.41. The minimum absolute atomic E-state index is 0.0858. The molecule has 1 aromatic heterocycles. The summed E-state index contributed by atoms with van der Waals surface area (Å²) in [6.07, 6.45) is 0. The first-order valence-electron chi connectivity index (χ1n) is 9.36. The summed E-state index contributed by atoms with van der Waals surface area (Å²) >= 11 is 1.49. The Labute approximate surface area is 172 Å². The lowest BCUT2D eigenvalue weighted by Gasteiger charge is -2.30. The Morgan fingerprint density at radius 3 is 2.43 bits per heavy atom. The average Bonchev–Trinajstić information content (AvgIpc) is 3.16. The number of hydrogen-bond acceptors (Lipinski definition) is 5. The van der Waals surface area contributed by atoms with Crippen molar-refractivity contribution in [3.8, 4) is 0 Å². The van der Waals surface area contributed by atoms with E-state index in [0.29, 0.717) is 24.2 Å². The van der Waals surface area contributed by atoms with E-state index in [-0.39, 0.29) is 17.3 Å². The molecule has 0 atom stereocenters. The zero-order chi connectivity index (χ0) is 20.7. The summed E-state index contributed by atoms with van der Waals surface area (Å²) < 4.78 is 27.6. The summed E-state index contributed by atoms with van der Waals surface area (Å²) in [5, 5.41) is 4.78. The van der Waals surface area contributed by atoms with Crippen LogP contribution in [0.1, 0.15) is 42.9 Å². The normalized spacial score (nSPS) is 12.1. The molecule has 0 aliphatic rings. The van der Waals surface area contributed by atoms with Crippen LogP contribution in [0.3, 0.4) is 0 Å². The quantitative estimate of drug-likeness (QED) is 0.616. The molecule has 0 spiro atoms. The lowest BCUT2D eigenvalue weighted by atomic mass is 10.2. The molecule has 0 radical (unpaired) electrons. The molecule has 2 N–H and O–H groups in total. The third-order valence-electron chi connectivity index (χ3n) is 4.41. The minimum atomic E-state index is -3.68. The monoisotopic (exact) mass is 423 g/mol. The van der Waals surface area contributed by atoms with Gasteiger partial charge < -0.3 is 5.32 Å². The molecule has 1 amide bonds. The van der Waals surface area contributed by atoms with E-state index in [0.717, 1.165) is 11.4 Å². The number of amides is 1. The second-order valence-corrected chi connectivity index (χ2v) is 9.91. The van der Waals surface area contributed by atoms with E-state index in [1.165, 1.54) is 23.5 Å². The van der Waals surface area contributed by atoms with Crippen molar-refractivity contribution in [1.29, 1.82) is 0 Å². The van der Waals surface area contributed by atoms with Crippen LogP contribution in [0.4, 0.5) is 0 Å². The molecule has 0 saturated carbocycles. The molecule has 154 valence electrons. The Bertz CT molecular complexity index is 855. The molecule has 28 heavy (non-hydrogen) atoms. The summed E-state index contributed by atoms with van der Waals surface area (Å²) in [4.78, 5) is 15.7. The molecule has 0 aliphatic heterocycles. The van der Waals surface area contributed by atoms with Gasteiger partial charge in [0.25, 0.3) is 5.91 Å². The third-order valence-corrected chi connectivity index (χ3v) is 6.68. The van der Waals surface area contributed by atoms with Crippen LogP contribution in [-0.4, -0.2) is 44.4 Å². The van der Waals surface area contributed by atoms with Gasteiger partial charge in [0, 0.05) is 42.2 Å². The number of nitrogens with zero attached hydrogens (tertiary/aromatic N) is 1. The van der Waals surface area contributed by atoms with Crippen molar-refractivity contribution in [3.63, 3.8) is 0 Å². The summed E-state index contributed by atoms with van der Waals surface area (Å²) in [5.74, 6) is -0.275. The van der Waals surface area contributed by atoms with Crippen LogP contribution < -0.4 is 10.0 Å². The van der Waals surface area contributed by atoms with E-state index in [2.05, 4.69) is 42.6 Å². The first-order chi connectivity index (χ1) is 13.2. The maximum atomic E-state index is 12.5. The highest BCUT2D eigenvalue weighted by Crippen LogP contribution is 2.14. The van der Waals surface area contributed by atoms with Crippen LogP contribution in [0.25, 0.3) is 0 Å². The molecule has 0 aliphatic carbocycles. The number of benzene rings is 1. The minimum Gasteiger partial charge on any atom is -0.351 e. The number of carbonyl (C=O) groups is 1. The number of sulfonamides is 1. The molecule has 0 saturated heterocycles. The number of carbonyl (C=O) groups excluding carboxylic acids is 1. The molecule has 0 fully saturated rings. The highest BCUT2D eigenvalue weighted by molar-refractivity contribution is 7.89. The van der Waals surface area contributed by atoms with E-state index in [1.807, 2.05) is 17.5 Å². The van der Waals surface area contributed by atoms with E-state index in [4.69, 9.17) is 0 Å². The molecule has 2 aromatic rings. The van der Waals surface area contributed by atoms with Crippen molar-refractivity contribution in [1.82, 2.24) is 14.9 Å². The summed E-state index contributed by atoms with van der Waals surface area (Å²) in [6, 6.07) is 10.6. The van der Waals surface area contributed by atoms with Crippen molar-refractivity contribution in [3.05, 3.63) is 52.2 Å². The van der Waals surface area contributed by atoms with Crippen LogP contribution in [0.2, 0.25) is 0 Å². The van der Waals surface area contributed by atoms with Gasteiger partial charge in [-0.15, -0.1) is 11.3 Å². The first-order valence-corrected chi connectivity index (χ1v) is 11.7. The van der Waals surface area contributed by atoms with Gasteiger partial charge in [-0.05, 0) is 57.3 Å². The number of hydrogen-bond donors (Lipinski definition) is 2. The largest absolute Gasteiger partial charge is 0.351 e. The molecular formula is C20H29N3O3S2. The Morgan fingerprint density at radius 2 is 1.82 bits per heavy atom. The summed E-state index contributed by atoms with van der Waals surface area (Å²) in [5.41, 5.74) is 0.333. The Kier molecular flexibility index (Phi) is 8.18. The van der Waals surface area contributed by atoms with Crippen molar-refractivity contribution in [2.45, 2.75) is 51.2 Å². The number of thiophene rings is 1. The predicted octanol–water partition coefficient (Wildman–Crippen LogP) is 3.08. The Balaban J connectivity index is 1.98. The van der Waals surface area contributed by atoms with Gasteiger partial charge in [-0.3, -0.25) is 9.69 Å². The van der Waals surface area contributed by atoms with Crippen LogP contribution >= 0.6 is 11.3 Å². The van der Waals surface area contributed by atoms with Gasteiger partial charge in [0.1, 0.15) is 0 Å². The fraction of sp³-hybridized carbons (Fsp3) is 0.450. The molecule has 1 heterocycles. The van der Waals surface area contributed by atoms with Crippen molar-refractivity contribution in [2.24, 2.45) is 0 Å². The maximum Gasteiger partial charge on any atom is 0.251 e. The highest BCUT2D eigenvalue weighted by atomic mass is 32.2. The lowest BCUT2D eigenvalue weighted by molar-refractivity contribution is 0.0939. The zero-order valence-electron chi connectivity index (χ0n) is 16.8.